The molecule has 1 aromatic carbocycles. The Bertz CT molecular complexity index is 634. The van der Waals surface area contributed by atoms with Crippen molar-refractivity contribution in [1.82, 2.24) is 10.2 Å². The van der Waals surface area contributed by atoms with Crippen molar-refractivity contribution in [3.8, 4) is 0 Å². The zero-order valence-corrected chi connectivity index (χ0v) is 11.9. The molecule has 1 aromatic heterocycles. The zero-order chi connectivity index (χ0) is 14.2. The fourth-order valence-corrected chi connectivity index (χ4v) is 2.14. The third-order valence-electron chi connectivity index (χ3n) is 2.79. The van der Waals surface area contributed by atoms with Gasteiger partial charge in [0.2, 0.25) is 0 Å². The van der Waals surface area contributed by atoms with Crippen LogP contribution in [-0.4, -0.2) is 15.3 Å². The molecule has 0 amide bonds. The summed E-state index contributed by atoms with van der Waals surface area (Å²) in [5.41, 5.74) is 0.931. The van der Waals surface area contributed by atoms with Crippen molar-refractivity contribution < 1.29 is 13.9 Å². The van der Waals surface area contributed by atoms with Crippen LogP contribution in [0.1, 0.15) is 28.6 Å². The molecule has 2 aromatic rings. The van der Waals surface area contributed by atoms with Crippen molar-refractivity contribution in [3.05, 3.63) is 56.8 Å². The first-order chi connectivity index (χ1) is 8.91. The van der Waals surface area contributed by atoms with Crippen molar-refractivity contribution in [2.45, 2.75) is 20.0 Å². The van der Waals surface area contributed by atoms with Gasteiger partial charge in [-0.1, -0.05) is 0 Å². The molecule has 0 radical (unpaired) electrons. The molecule has 0 aliphatic rings. The quantitative estimate of drug-likeness (QED) is 0.861. The number of halogens is 3. The van der Waals surface area contributed by atoms with Crippen LogP contribution >= 0.6 is 15.9 Å². The second-order valence-electron chi connectivity index (χ2n) is 4.19. The lowest BCUT2D eigenvalue weighted by molar-refractivity contribution is 0.207. The minimum atomic E-state index is -1.42. The summed E-state index contributed by atoms with van der Waals surface area (Å²) in [4.78, 5) is 0. The molecular formula is C13H11BrF2N2O. The van der Waals surface area contributed by atoms with Gasteiger partial charge in [-0.25, -0.2) is 8.78 Å². The van der Waals surface area contributed by atoms with Crippen LogP contribution in [0, 0.1) is 25.5 Å². The van der Waals surface area contributed by atoms with Crippen molar-refractivity contribution >= 4 is 15.9 Å². The van der Waals surface area contributed by atoms with E-state index in [1.807, 2.05) is 0 Å². The Balaban J connectivity index is 2.59. The Labute approximate surface area is 117 Å². The zero-order valence-electron chi connectivity index (χ0n) is 10.3. The number of benzene rings is 1. The van der Waals surface area contributed by atoms with Gasteiger partial charge in [0.1, 0.15) is 17.7 Å². The Morgan fingerprint density at radius 2 is 1.89 bits per heavy atom. The Morgan fingerprint density at radius 3 is 2.58 bits per heavy atom. The molecule has 0 saturated heterocycles. The van der Waals surface area contributed by atoms with Gasteiger partial charge in [0.25, 0.3) is 0 Å². The number of rotatable bonds is 2. The van der Waals surface area contributed by atoms with E-state index < -0.39 is 23.3 Å². The largest absolute Gasteiger partial charge is 0.383 e. The molecule has 0 aliphatic heterocycles. The maximum Gasteiger partial charge on any atom is 0.146 e. The van der Waals surface area contributed by atoms with E-state index in [1.54, 1.807) is 19.9 Å². The van der Waals surface area contributed by atoms with Gasteiger partial charge in [0.15, 0.2) is 0 Å². The van der Waals surface area contributed by atoms with Crippen LogP contribution in [0.5, 0.6) is 0 Å². The summed E-state index contributed by atoms with van der Waals surface area (Å²) >= 11 is 2.97. The molecule has 3 nitrogen and oxygen atoms in total. The van der Waals surface area contributed by atoms with Gasteiger partial charge in [-0.2, -0.15) is 10.2 Å². The van der Waals surface area contributed by atoms with Gasteiger partial charge >= 0.3 is 0 Å². The van der Waals surface area contributed by atoms with E-state index in [-0.39, 0.29) is 4.47 Å². The summed E-state index contributed by atoms with van der Waals surface area (Å²) in [6.45, 7) is 3.31. The van der Waals surface area contributed by atoms with Gasteiger partial charge in [0, 0.05) is 5.56 Å². The van der Waals surface area contributed by atoms with Gasteiger partial charge in [0.05, 0.1) is 21.4 Å². The van der Waals surface area contributed by atoms with E-state index in [1.165, 1.54) is 6.07 Å². The summed E-state index contributed by atoms with van der Waals surface area (Å²) in [5, 5.41) is 17.9. The molecule has 1 heterocycles. The average molecular weight is 329 g/mol. The highest BCUT2D eigenvalue weighted by Crippen LogP contribution is 2.31. The predicted molar refractivity (Wildman–Crippen MR) is 69.6 cm³/mol. The summed E-state index contributed by atoms with van der Waals surface area (Å²) in [6, 6.07) is 3.92. The summed E-state index contributed by atoms with van der Waals surface area (Å²) < 4.78 is 27.8. The molecule has 0 spiro atoms. The summed E-state index contributed by atoms with van der Waals surface area (Å²) in [7, 11) is 0. The Kier molecular flexibility index (Phi) is 3.91. The maximum atomic E-state index is 13.9. The second-order valence-corrected chi connectivity index (χ2v) is 5.04. The average Bonchev–Trinajstić information content (AvgIpc) is 2.37. The first-order valence-corrected chi connectivity index (χ1v) is 6.33. The lowest BCUT2D eigenvalue weighted by Crippen LogP contribution is -2.10. The van der Waals surface area contributed by atoms with Crippen LogP contribution < -0.4 is 0 Å². The van der Waals surface area contributed by atoms with Crippen molar-refractivity contribution in [1.29, 1.82) is 0 Å². The van der Waals surface area contributed by atoms with Crippen molar-refractivity contribution in [2.24, 2.45) is 0 Å². The number of aliphatic hydroxyl groups excluding tert-OH is 1. The van der Waals surface area contributed by atoms with E-state index in [0.29, 0.717) is 17.0 Å². The third kappa shape index (κ3) is 2.64. The highest BCUT2D eigenvalue weighted by molar-refractivity contribution is 9.10. The molecule has 0 aliphatic carbocycles. The van der Waals surface area contributed by atoms with Crippen LogP contribution in [0.25, 0.3) is 0 Å². The SMILES string of the molecule is Cc1cc(C(O)c2c(F)ccc(Br)c2F)c(C)nn1. The Hall–Kier alpha value is -1.40. The van der Waals surface area contributed by atoms with Gasteiger partial charge < -0.3 is 5.11 Å². The molecule has 19 heavy (non-hydrogen) atoms. The van der Waals surface area contributed by atoms with Gasteiger partial charge in [-0.3, -0.25) is 0 Å². The molecule has 1 atom stereocenters. The molecule has 0 fully saturated rings. The van der Waals surface area contributed by atoms with Crippen LogP contribution in [0.2, 0.25) is 0 Å². The lowest BCUT2D eigenvalue weighted by Gasteiger charge is -2.15. The molecule has 1 unspecified atom stereocenters. The number of aromatic nitrogens is 2. The molecule has 1 N–H and O–H groups in total. The first kappa shape index (κ1) is 14.0. The lowest BCUT2D eigenvalue weighted by atomic mass is 9.99. The predicted octanol–water partition coefficient (Wildman–Crippen LogP) is 3.22. The summed E-state index contributed by atoms with van der Waals surface area (Å²) in [5.74, 6) is -1.62. The van der Waals surface area contributed by atoms with E-state index in [0.717, 1.165) is 6.07 Å². The summed E-state index contributed by atoms with van der Waals surface area (Å²) in [6.07, 6.45) is -1.42. The molecule has 0 saturated carbocycles. The number of hydrogen-bond donors (Lipinski definition) is 1. The van der Waals surface area contributed by atoms with Gasteiger partial charge in [-0.05, 0) is 48.0 Å². The highest BCUT2D eigenvalue weighted by atomic mass is 79.9. The Morgan fingerprint density at radius 1 is 1.21 bits per heavy atom. The number of hydrogen-bond acceptors (Lipinski definition) is 3. The van der Waals surface area contributed by atoms with E-state index in [4.69, 9.17) is 0 Å². The van der Waals surface area contributed by atoms with Crippen LogP contribution in [0.15, 0.2) is 22.7 Å². The fourth-order valence-electron chi connectivity index (χ4n) is 1.80. The monoisotopic (exact) mass is 328 g/mol. The van der Waals surface area contributed by atoms with E-state index in [9.17, 15) is 13.9 Å². The molecule has 6 heteroatoms. The molecule has 2 rings (SSSR count). The second kappa shape index (κ2) is 5.30. The van der Waals surface area contributed by atoms with E-state index >= 15 is 0 Å². The first-order valence-electron chi connectivity index (χ1n) is 5.54. The van der Waals surface area contributed by atoms with Crippen LogP contribution in [0.4, 0.5) is 8.78 Å². The number of aliphatic hydroxyl groups is 1. The highest BCUT2D eigenvalue weighted by Gasteiger charge is 2.23. The van der Waals surface area contributed by atoms with Crippen molar-refractivity contribution in [3.63, 3.8) is 0 Å². The minimum Gasteiger partial charge on any atom is -0.383 e. The normalized spacial score (nSPS) is 12.5. The minimum absolute atomic E-state index is 0.0966. The van der Waals surface area contributed by atoms with Crippen LogP contribution in [-0.2, 0) is 0 Å². The van der Waals surface area contributed by atoms with Crippen molar-refractivity contribution in [2.75, 3.05) is 0 Å². The number of aryl methyl sites for hydroxylation is 2. The molecule has 100 valence electrons. The third-order valence-corrected chi connectivity index (χ3v) is 3.40. The molecule has 0 bridgehead atoms. The van der Waals surface area contributed by atoms with Crippen LogP contribution in [0.3, 0.4) is 0 Å². The van der Waals surface area contributed by atoms with E-state index in [2.05, 4.69) is 26.1 Å². The standard InChI is InChI=1S/C13H11BrF2N2O/c1-6-5-8(7(2)18-17-6)13(19)11-10(15)4-3-9(14)12(11)16/h3-5,13,19H,1-2H3. The number of nitrogens with zero attached hydrogens (tertiary/aromatic N) is 2. The molecular weight excluding hydrogens is 318 g/mol. The fraction of sp³-hybridized carbons (Fsp3) is 0.231. The smallest absolute Gasteiger partial charge is 0.146 e. The topological polar surface area (TPSA) is 46.0 Å². The van der Waals surface area contributed by atoms with Gasteiger partial charge in [-0.15, -0.1) is 0 Å². The maximum absolute atomic E-state index is 13.9.